The number of rotatable bonds is 19. The Morgan fingerprint density at radius 2 is 1.76 bits per heavy atom. The maximum Gasteiger partial charge on any atom is 0.302 e. The van der Waals surface area contributed by atoms with Crippen molar-refractivity contribution in [2.75, 3.05) is 38.4 Å². The van der Waals surface area contributed by atoms with Gasteiger partial charge in [-0.25, -0.2) is 0 Å². The van der Waals surface area contributed by atoms with Gasteiger partial charge in [-0.1, -0.05) is 86.9 Å². The molecule has 11 heteroatoms. The van der Waals surface area contributed by atoms with Crippen molar-refractivity contribution in [3.8, 4) is 5.75 Å². The van der Waals surface area contributed by atoms with Crippen LogP contribution in [0.15, 0.2) is 59.0 Å². The van der Waals surface area contributed by atoms with Crippen LogP contribution in [0, 0.1) is 17.8 Å². The van der Waals surface area contributed by atoms with Crippen LogP contribution in [-0.4, -0.2) is 57.5 Å². The van der Waals surface area contributed by atoms with Crippen LogP contribution in [0.25, 0.3) is 0 Å². The molecule has 1 saturated carbocycles. The van der Waals surface area contributed by atoms with Gasteiger partial charge in [0.2, 0.25) is 12.3 Å². The molecule has 1 aliphatic rings. The third kappa shape index (κ3) is 20.6. The molecular formula is C39H61N3O6S2. The summed E-state index contributed by atoms with van der Waals surface area (Å²) in [6.07, 6.45) is 9.58. The van der Waals surface area contributed by atoms with Gasteiger partial charge < -0.3 is 30.6 Å². The number of hydrogen-bond donors (Lipinski definition) is 3. The van der Waals surface area contributed by atoms with Gasteiger partial charge in [-0.15, -0.1) is 0 Å². The van der Waals surface area contributed by atoms with Crippen LogP contribution in [-0.2, 0) is 30.5 Å². The van der Waals surface area contributed by atoms with E-state index < -0.39 is 0 Å². The number of methoxy groups -OCH3 is 2. The number of nitrogens with two attached hydrogens (primary N) is 1. The second kappa shape index (κ2) is 24.2. The molecule has 4 N–H and O–H groups in total. The molecular weight excluding hydrogens is 671 g/mol. The van der Waals surface area contributed by atoms with Crippen molar-refractivity contribution in [2.45, 2.75) is 105 Å². The average Bonchev–Trinajstić information content (AvgIpc) is 3.83. The maximum atomic E-state index is 12.2. The molecule has 1 aliphatic carbocycles. The van der Waals surface area contributed by atoms with Crippen molar-refractivity contribution in [2.24, 2.45) is 16.6 Å². The fraction of sp³-hybridized carbons (Fsp3) is 0.564. The number of aryl methyl sites for hydroxylation is 1. The number of esters is 1. The van der Waals surface area contributed by atoms with Gasteiger partial charge in [-0.05, 0) is 84.5 Å². The van der Waals surface area contributed by atoms with Crippen molar-refractivity contribution < 1.29 is 28.6 Å². The number of unbranched alkanes of at least 4 members (excludes halogenated alkanes) is 1. The molecule has 50 heavy (non-hydrogen) atoms. The van der Waals surface area contributed by atoms with Crippen LogP contribution < -0.4 is 21.1 Å². The van der Waals surface area contributed by atoms with Crippen molar-refractivity contribution >= 4 is 45.6 Å². The minimum atomic E-state index is -0.278. The Balaban J connectivity index is 0.000000479. The van der Waals surface area contributed by atoms with Gasteiger partial charge in [0.05, 0.1) is 18.9 Å². The van der Waals surface area contributed by atoms with Crippen molar-refractivity contribution in [1.82, 2.24) is 5.32 Å². The third-order valence-electron chi connectivity index (χ3n) is 7.70. The van der Waals surface area contributed by atoms with Gasteiger partial charge in [-0.3, -0.25) is 14.4 Å². The zero-order valence-electron chi connectivity index (χ0n) is 31.7. The number of carbonyl (C=O) groups excluding carboxylic acids is 3. The smallest absolute Gasteiger partial charge is 0.302 e. The topological polar surface area (TPSA) is 129 Å². The van der Waals surface area contributed by atoms with E-state index in [-0.39, 0.29) is 22.7 Å². The summed E-state index contributed by atoms with van der Waals surface area (Å²) in [6, 6.07) is 13.5. The summed E-state index contributed by atoms with van der Waals surface area (Å²) in [5.41, 5.74) is 10.2. The Labute approximate surface area is 309 Å². The van der Waals surface area contributed by atoms with Gasteiger partial charge in [0.25, 0.3) is 0 Å². The molecule has 0 bridgehead atoms. The molecule has 0 saturated heterocycles. The number of hydrogen-bond acceptors (Lipinski definition) is 9. The van der Waals surface area contributed by atoms with E-state index in [4.69, 9.17) is 19.9 Å². The molecule has 1 atom stereocenters. The largest absolute Gasteiger partial charge is 0.495 e. The number of amides is 2. The highest BCUT2D eigenvalue weighted by atomic mass is 33.1. The van der Waals surface area contributed by atoms with Gasteiger partial charge in [0, 0.05) is 44.1 Å². The zero-order chi connectivity index (χ0) is 37.6. The highest BCUT2D eigenvalue weighted by Crippen LogP contribution is 2.36. The number of anilines is 1. The summed E-state index contributed by atoms with van der Waals surface area (Å²) in [7, 11) is 6.66. The molecule has 2 aromatic carbocycles. The van der Waals surface area contributed by atoms with Gasteiger partial charge in [-0.2, -0.15) is 0 Å². The Morgan fingerprint density at radius 3 is 2.32 bits per heavy atom. The summed E-state index contributed by atoms with van der Waals surface area (Å²) in [4.78, 5) is 34.3. The maximum absolute atomic E-state index is 12.2. The van der Waals surface area contributed by atoms with E-state index in [1.54, 1.807) is 35.8 Å². The molecule has 280 valence electrons. The molecule has 0 aromatic heterocycles. The van der Waals surface area contributed by atoms with E-state index >= 15 is 0 Å². The Kier molecular flexibility index (Phi) is 21.8. The molecule has 0 aliphatic heterocycles. The first-order valence-corrected chi connectivity index (χ1v) is 19.6. The van der Waals surface area contributed by atoms with Crippen molar-refractivity contribution in [3.63, 3.8) is 0 Å². The fourth-order valence-corrected chi connectivity index (χ4v) is 7.24. The predicted octanol–water partition coefficient (Wildman–Crippen LogP) is 8.49. The van der Waals surface area contributed by atoms with E-state index in [1.165, 1.54) is 31.8 Å². The lowest BCUT2D eigenvalue weighted by Crippen LogP contribution is -2.37. The SMILES string of the molecule is CC(=O)OCc1ccc(SSCCC(=O)NCC(C)(C)CC(C)(C)CCN)cc1.CCC/C=C1/CC1OC.COc1ccc(C)cc1NC=O. The van der Waals surface area contributed by atoms with E-state index in [9.17, 15) is 14.4 Å². The minimum absolute atomic E-state index is 0.0457. The van der Waals surface area contributed by atoms with Crippen LogP contribution in [0.3, 0.4) is 0 Å². The minimum Gasteiger partial charge on any atom is -0.495 e. The average molecular weight is 732 g/mol. The first-order chi connectivity index (χ1) is 23.7. The number of benzene rings is 2. The van der Waals surface area contributed by atoms with Gasteiger partial charge in [0.1, 0.15) is 12.4 Å². The summed E-state index contributed by atoms with van der Waals surface area (Å²) in [5, 5.41) is 5.65. The summed E-state index contributed by atoms with van der Waals surface area (Å²) in [5.74, 6) is 1.25. The fourth-order valence-electron chi connectivity index (χ4n) is 5.27. The highest BCUT2D eigenvalue weighted by Gasteiger charge is 2.29. The number of allylic oxidation sites excluding steroid dienone is 1. The quantitative estimate of drug-likeness (QED) is 0.0428. The van der Waals surface area contributed by atoms with E-state index in [0.29, 0.717) is 50.1 Å². The van der Waals surface area contributed by atoms with Crippen molar-refractivity contribution in [3.05, 3.63) is 65.2 Å². The molecule has 3 rings (SSSR count). The van der Waals surface area contributed by atoms with Crippen LogP contribution in [0.4, 0.5) is 5.69 Å². The van der Waals surface area contributed by atoms with Gasteiger partial charge in [0.15, 0.2) is 0 Å². The van der Waals surface area contributed by atoms with E-state index in [2.05, 4.69) is 51.3 Å². The number of carbonyl (C=O) groups is 3. The Bertz CT molecular complexity index is 1330. The van der Waals surface area contributed by atoms with Crippen LogP contribution in [0.2, 0.25) is 0 Å². The molecule has 0 radical (unpaired) electrons. The molecule has 0 spiro atoms. The summed E-state index contributed by atoms with van der Waals surface area (Å²) >= 11 is 0. The number of ether oxygens (including phenoxy) is 3. The molecule has 2 aromatic rings. The normalized spacial score (nSPS) is 14.4. The second-order valence-electron chi connectivity index (χ2n) is 13.9. The standard InChI is InChI=1S/C22H36N2O3S2.C9H11NO2.C8H14O/c1-17(25)27-14-18-6-8-19(9-7-18)29-28-13-10-20(26)24-16-22(4,5)15-21(2,3)11-12-23;1-7-3-4-9(12-2)8(5-7)10-6-11;1-3-4-5-7-6-8(7)9-2/h6-9H,10-16,23H2,1-5H3,(H,24,26);3-6H,1-2H3,(H,10,11);5,8H,3-4,6H2,1-2H3/b;;7-5-. The highest BCUT2D eigenvalue weighted by molar-refractivity contribution is 8.76. The molecule has 2 amide bonds. The Morgan fingerprint density at radius 1 is 1.06 bits per heavy atom. The first-order valence-electron chi connectivity index (χ1n) is 17.2. The lowest BCUT2D eigenvalue weighted by Gasteiger charge is -2.35. The lowest BCUT2D eigenvalue weighted by atomic mass is 9.73. The van der Waals surface area contributed by atoms with Crippen molar-refractivity contribution in [1.29, 1.82) is 0 Å². The number of nitrogens with one attached hydrogen (secondary N) is 2. The monoisotopic (exact) mass is 731 g/mol. The zero-order valence-corrected chi connectivity index (χ0v) is 33.3. The van der Waals surface area contributed by atoms with Gasteiger partial charge >= 0.3 is 5.97 Å². The molecule has 9 nitrogen and oxygen atoms in total. The van der Waals surface area contributed by atoms with Crippen LogP contribution >= 0.6 is 21.6 Å². The summed E-state index contributed by atoms with van der Waals surface area (Å²) < 4.78 is 15.1. The molecule has 1 fully saturated rings. The predicted molar refractivity (Wildman–Crippen MR) is 210 cm³/mol. The first kappa shape index (κ1) is 45.0. The molecule has 0 heterocycles. The van der Waals surface area contributed by atoms with Crippen LogP contribution in [0.1, 0.15) is 91.2 Å². The third-order valence-corrected chi connectivity index (χ3v) is 10.1. The second-order valence-corrected chi connectivity index (χ2v) is 16.4. The van der Waals surface area contributed by atoms with E-state index in [0.717, 1.165) is 34.6 Å². The van der Waals surface area contributed by atoms with Crippen LogP contribution in [0.5, 0.6) is 5.75 Å². The summed E-state index contributed by atoms with van der Waals surface area (Å²) in [6.45, 7) is 16.1. The Hall–Kier alpha value is -2.99. The lowest BCUT2D eigenvalue weighted by molar-refractivity contribution is -0.142. The molecule has 1 unspecified atom stereocenters. The van der Waals surface area contributed by atoms with E-state index in [1.807, 2.05) is 49.4 Å².